The Morgan fingerprint density at radius 2 is 1.25 bits per heavy atom. The Bertz CT molecular complexity index is 1090. The molecule has 0 spiro atoms. The molecule has 168 valence electrons. The van der Waals surface area contributed by atoms with Crippen LogP contribution in [0.2, 0.25) is 0 Å². The minimum atomic E-state index is 0. The molecular weight excluding hydrogens is 485 g/mol. The molecule has 0 heterocycles. The summed E-state index contributed by atoms with van der Waals surface area (Å²) < 4.78 is 0. The van der Waals surface area contributed by atoms with E-state index >= 15 is 0 Å². The number of benzene rings is 4. The summed E-state index contributed by atoms with van der Waals surface area (Å²) in [6.45, 7) is 0. The van der Waals surface area contributed by atoms with E-state index in [2.05, 4.69) is 92.6 Å². The number of rotatable bonds is 4. The number of nitrogen functional groups attached to an aromatic ring is 1. The van der Waals surface area contributed by atoms with Gasteiger partial charge in [-0.3, -0.25) is 0 Å². The molecule has 0 amide bonds. The Hall–Kier alpha value is -3.06. The van der Waals surface area contributed by atoms with Crippen LogP contribution in [0.1, 0.15) is 0 Å². The maximum atomic E-state index is 5.83. The van der Waals surface area contributed by atoms with Crippen LogP contribution in [0.25, 0.3) is 22.3 Å². The van der Waals surface area contributed by atoms with E-state index in [-0.39, 0.29) is 20.4 Å². The van der Waals surface area contributed by atoms with Gasteiger partial charge in [0.25, 0.3) is 0 Å². The van der Waals surface area contributed by atoms with Crippen molar-refractivity contribution in [2.45, 2.75) is 0 Å². The first-order valence-corrected chi connectivity index (χ1v) is 10.3. The Morgan fingerprint density at radius 3 is 1.84 bits per heavy atom. The number of anilines is 3. The Labute approximate surface area is 206 Å². The SMILES string of the molecule is CN(C)c1cccc(-c2ccccc2)c1N(C)C.Nc1ccccc1-c1[c-]cccc1.[Pd]. The molecule has 0 fully saturated rings. The van der Waals surface area contributed by atoms with Crippen molar-refractivity contribution in [3.63, 3.8) is 0 Å². The zero-order valence-corrected chi connectivity index (χ0v) is 20.6. The monoisotopic (exact) mass is 514 g/mol. The molecule has 4 rings (SSSR count). The van der Waals surface area contributed by atoms with Gasteiger partial charge >= 0.3 is 0 Å². The van der Waals surface area contributed by atoms with Gasteiger partial charge in [-0.05, 0) is 23.4 Å². The predicted octanol–water partition coefficient (Wildman–Crippen LogP) is 6.22. The first kappa shape index (κ1) is 25.2. The van der Waals surface area contributed by atoms with Crippen LogP contribution in [-0.4, -0.2) is 28.2 Å². The normalized spacial score (nSPS) is 9.75. The molecule has 0 radical (unpaired) electrons. The first-order valence-electron chi connectivity index (χ1n) is 10.3. The fourth-order valence-electron chi connectivity index (χ4n) is 3.52. The number of hydrogen-bond acceptors (Lipinski definition) is 3. The first-order chi connectivity index (χ1) is 15.0. The minimum Gasteiger partial charge on any atom is -0.406 e. The summed E-state index contributed by atoms with van der Waals surface area (Å²) in [6, 6.07) is 35.8. The molecule has 0 unspecified atom stereocenters. The molecule has 3 nitrogen and oxygen atoms in total. The fourth-order valence-corrected chi connectivity index (χ4v) is 3.52. The number of nitrogens with zero attached hydrogens (tertiary/aromatic N) is 2. The smallest absolute Gasteiger partial charge is 0.0678 e. The summed E-state index contributed by atoms with van der Waals surface area (Å²) in [5.74, 6) is 0. The molecule has 0 aliphatic heterocycles. The van der Waals surface area contributed by atoms with Gasteiger partial charge < -0.3 is 15.5 Å². The maximum absolute atomic E-state index is 5.83. The van der Waals surface area contributed by atoms with E-state index in [4.69, 9.17) is 5.73 Å². The topological polar surface area (TPSA) is 32.5 Å². The van der Waals surface area contributed by atoms with E-state index in [1.807, 2.05) is 48.5 Å². The van der Waals surface area contributed by atoms with Gasteiger partial charge in [0.05, 0.1) is 11.4 Å². The van der Waals surface area contributed by atoms with Crippen molar-refractivity contribution < 1.29 is 20.4 Å². The van der Waals surface area contributed by atoms with Crippen molar-refractivity contribution in [2.24, 2.45) is 0 Å². The largest absolute Gasteiger partial charge is 0.406 e. The van der Waals surface area contributed by atoms with Gasteiger partial charge in [-0.15, -0.1) is 35.9 Å². The predicted molar refractivity (Wildman–Crippen MR) is 136 cm³/mol. The minimum absolute atomic E-state index is 0. The second-order valence-corrected chi connectivity index (χ2v) is 7.69. The van der Waals surface area contributed by atoms with Gasteiger partial charge in [-0.25, -0.2) is 0 Å². The van der Waals surface area contributed by atoms with E-state index in [1.165, 1.54) is 22.5 Å². The average molecular weight is 515 g/mol. The van der Waals surface area contributed by atoms with Crippen LogP contribution in [0.15, 0.2) is 97.1 Å². The molecule has 0 aliphatic carbocycles. The van der Waals surface area contributed by atoms with Crippen LogP contribution in [-0.2, 0) is 20.4 Å². The molecule has 4 aromatic rings. The van der Waals surface area contributed by atoms with Gasteiger partial charge in [0.2, 0.25) is 0 Å². The molecule has 4 aromatic carbocycles. The summed E-state index contributed by atoms with van der Waals surface area (Å²) in [5, 5.41) is 0. The second-order valence-electron chi connectivity index (χ2n) is 7.69. The summed E-state index contributed by atoms with van der Waals surface area (Å²) in [6.07, 6.45) is 0. The quantitative estimate of drug-likeness (QED) is 0.199. The zero-order valence-electron chi connectivity index (χ0n) is 19.0. The average Bonchev–Trinajstić information content (AvgIpc) is 2.80. The molecule has 0 atom stereocenters. The zero-order chi connectivity index (χ0) is 22.2. The summed E-state index contributed by atoms with van der Waals surface area (Å²) in [7, 11) is 8.34. The van der Waals surface area contributed by atoms with E-state index in [0.717, 1.165) is 16.8 Å². The molecule has 0 aromatic heterocycles. The van der Waals surface area contributed by atoms with Gasteiger partial charge in [0.15, 0.2) is 0 Å². The van der Waals surface area contributed by atoms with Crippen LogP contribution in [0.5, 0.6) is 0 Å². The Kier molecular flexibility index (Phi) is 9.53. The van der Waals surface area contributed by atoms with E-state index in [9.17, 15) is 0 Å². The van der Waals surface area contributed by atoms with E-state index in [1.54, 1.807) is 0 Å². The van der Waals surface area contributed by atoms with E-state index < -0.39 is 0 Å². The molecule has 0 bridgehead atoms. The third kappa shape index (κ3) is 6.23. The summed E-state index contributed by atoms with van der Waals surface area (Å²) in [4.78, 5) is 4.33. The van der Waals surface area contributed by atoms with Crippen molar-refractivity contribution in [3.05, 3.63) is 103 Å². The van der Waals surface area contributed by atoms with Crippen molar-refractivity contribution in [3.8, 4) is 22.3 Å². The third-order valence-corrected chi connectivity index (χ3v) is 4.99. The summed E-state index contributed by atoms with van der Waals surface area (Å²) in [5.41, 5.74) is 13.7. The number of hydrogen-bond donors (Lipinski definition) is 1. The van der Waals surface area contributed by atoms with Crippen LogP contribution in [0, 0.1) is 6.07 Å². The molecular formula is C28H30N3Pd-. The molecule has 4 heteroatoms. The Morgan fingerprint density at radius 1 is 0.625 bits per heavy atom. The Balaban J connectivity index is 0.000000230. The molecule has 32 heavy (non-hydrogen) atoms. The third-order valence-electron chi connectivity index (χ3n) is 4.99. The molecule has 0 saturated carbocycles. The van der Waals surface area contributed by atoms with E-state index in [0.29, 0.717) is 0 Å². The van der Waals surface area contributed by atoms with Crippen LogP contribution >= 0.6 is 0 Å². The van der Waals surface area contributed by atoms with Gasteiger partial charge in [0.1, 0.15) is 0 Å². The molecule has 0 saturated heterocycles. The number of para-hydroxylation sites is 2. The van der Waals surface area contributed by atoms with Crippen LogP contribution in [0.4, 0.5) is 17.1 Å². The van der Waals surface area contributed by atoms with Crippen LogP contribution < -0.4 is 15.5 Å². The van der Waals surface area contributed by atoms with Crippen molar-refractivity contribution in [1.29, 1.82) is 0 Å². The molecule has 0 aliphatic rings. The van der Waals surface area contributed by atoms with Crippen molar-refractivity contribution in [1.82, 2.24) is 0 Å². The van der Waals surface area contributed by atoms with Gasteiger partial charge in [-0.1, -0.05) is 66.2 Å². The molecule has 2 N–H and O–H groups in total. The van der Waals surface area contributed by atoms with Gasteiger partial charge in [-0.2, -0.15) is 0 Å². The second kappa shape index (κ2) is 12.1. The van der Waals surface area contributed by atoms with Crippen molar-refractivity contribution in [2.75, 3.05) is 43.7 Å². The number of nitrogens with two attached hydrogens (primary N) is 1. The summed E-state index contributed by atoms with van der Waals surface area (Å²) >= 11 is 0. The standard InChI is InChI=1S/C16H20N2.C12H10N.Pd/c1-17(2)15-12-8-11-14(16(15)18(3)4)13-9-6-5-7-10-13;13-12-9-5-4-8-11(12)10-6-2-1-3-7-10;/h5-12H,1-4H3;1-6,8-9H,13H2;/q;-1;. The van der Waals surface area contributed by atoms with Crippen LogP contribution in [0.3, 0.4) is 0 Å². The fraction of sp³-hybridized carbons (Fsp3) is 0.143. The van der Waals surface area contributed by atoms with Crippen molar-refractivity contribution >= 4 is 17.1 Å². The van der Waals surface area contributed by atoms with Gasteiger partial charge in [0, 0.05) is 54.2 Å². The maximum Gasteiger partial charge on any atom is 0.0678 e.